The molecule has 144 valence electrons. The number of rotatable bonds is 8. The quantitative estimate of drug-likeness (QED) is 0.538. The number of hydrogen-bond donors (Lipinski definition) is 2. The summed E-state index contributed by atoms with van der Waals surface area (Å²) in [5.41, 5.74) is 1.40. The molecule has 0 bridgehead atoms. The van der Waals surface area contributed by atoms with Crippen LogP contribution in [0.3, 0.4) is 0 Å². The summed E-state index contributed by atoms with van der Waals surface area (Å²) in [7, 11) is 1.41. The third-order valence-corrected chi connectivity index (χ3v) is 3.86. The van der Waals surface area contributed by atoms with Crippen molar-refractivity contribution in [2.75, 3.05) is 13.7 Å². The summed E-state index contributed by atoms with van der Waals surface area (Å²) in [4.78, 5) is 23.1. The molecule has 0 aliphatic carbocycles. The minimum atomic E-state index is -1.11. The van der Waals surface area contributed by atoms with Crippen LogP contribution in [0.1, 0.15) is 24.1 Å². The Hall–Kier alpha value is -3.79. The molecule has 0 saturated carbocycles. The van der Waals surface area contributed by atoms with E-state index < -0.39 is 18.5 Å². The van der Waals surface area contributed by atoms with Gasteiger partial charge in [0, 0.05) is 0 Å². The summed E-state index contributed by atoms with van der Waals surface area (Å²) < 4.78 is 10.3. The highest BCUT2D eigenvalue weighted by Gasteiger charge is 2.14. The molecule has 2 rings (SSSR count). The van der Waals surface area contributed by atoms with E-state index in [-0.39, 0.29) is 17.4 Å². The number of aliphatic carboxylic acids is 1. The van der Waals surface area contributed by atoms with Gasteiger partial charge in [0.25, 0.3) is 5.91 Å². The first-order chi connectivity index (χ1) is 13.4. The lowest BCUT2D eigenvalue weighted by molar-refractivity contribution is -0.139. The summed E-state index contributed by atoms with van der Waals surface area (Å²) >= 11 is 0. The van der Waals surface area contributed by atoms with E-state index in [4.69, 9.17) is 14.6 Å². The molecule has 0 radical (unpaired) electrons. The van der Waals surface area contributed by atoms with Crippen LogP contribution in [0.2, 0.25) is 0 Å². The molecule has 2 aromatic carbocycles. The van der Waals surface area contributed by atoms with Gasteiger partial charge in [0.15, 0.2) is 18.1 Å². The molecular formula is C21H20N2O5. The molecule has 2 N–H and O–H groups in total. The molecule has 0 unspecified atom stereocenters. The molecule has 0 heterocycles. The average Bonchev–Trinajstić information content (AvgIpc) is 2.71. The molecule has 2 aromatic rings. The van der Waals surface area contributed by atoms with Crippen molar-refractivity contribution in [2.24, 2.45) is 0 Å². The fourth-order valence-corrected chi connectivity index (χ4v) is 2.45. The van der Waals surface area contributed by atoms with Crippen molar-refractivity contribution < 1.29 is 24.2 Å². The summed E-state index contributed by atoms with van der Waals surface area (Å²) in [6.45, 7) is 1.33. The SMILES string of the molecule is COc1cc(/C=C(\C#N)C(=O)N[C@@H](C)c2ccccc2)ccc1OCC(=O)O. The molecule has 7 heteroatoms. The van der Waals surface area contributed by atoms with Crippen LogP contribution >= 0.6 is 0 Å². The lowest BCUT2D eigenvalue weighted by Crippen LogP contribution is -2.27. The van der Waals surface area contributed by atoms with Gasteiger partial charge in [-0.2, -0.15) is 5.26 Å². The van der Waals surface area contributed by atoms with E-state index in [0.717, 1.165) is 5.56 Å². The van der Waals surface area contributed by atoms with Gasteiger partial charge in [0.05, 0.1) is 13.2 Å². The van der Waals surface area contributed by atoms with Gasteiger partial charge in [0.1, 0.15) is 11.6 Å². The maximum Gasteiger partial charge on any atom is 0.341 e. The molecule has 0 aromatic heterocycles. The molecule has 7 nitrogen and oxygen atoms in total. The van der Waals surface area contributed by atoms with E-state index in [9.17, 15) is 14.9 Å². The van der Waals surface area contributed by atoms with Crippen molar-refractivity contribution in [3.8, 4) is 17.6 Å². The van der Waals surface area contributed by atoms with Crippen LogP contribution in [0, 0.1) is 11.3 Å². The fraction of sp³-hybridized carbons (Fsp3) is 0.190. The van der Waals surface area contributed by atoms with Crippen LogP contribution < -0.4 is 14.8 Å². The molecule has 1 amide bonds. The Labute approximate surface area is 162 Å². The van der Waals surface area contributed by atoms with Crippen molar-refractivity contribution in [1.29, 1.82) is 5.26 Å². The number of methoxy groups -OCH3 is 1. The van der Waals surface area contributed by atoms with Crippen molar-refractivity contribution in [3.63, 3.8) is 0 Å². The van der Waals surface area contributed by atoms with Crippen molar-refractivity contribution in [2.45, 2.75) is 13.0 Å². The van der Waals surface area contributed by atoms with E-state index in [1.807, 2.05) is 43.3 Å². The fourth-order valence-electron chi connectivity index (χ4n) is 2.45. The van der Waals surface area contributed by atoms with Crippen LogP contribution in [0.15, 0.2) is 54.1 Å². The summed E-state index contributed by atoms with van der Waals surface area (Å²) in [5.74, 6) is -1.06. The lowest BCUT2D eigenvalue weighted by atomic mass is 10.1. The van der Waals surface area contributed by atoms with Gasteiger partial charge in [-0.3, -0.25) is 4.79 Å². The first-order valence-corrected chi connectivity index (χ1v) is 8.44. The first kappa shape index (κ1) is 20.5. The number of amides is 1. The Morgan fingerprint density at radius 3 is 2.54 bits per heavy atom. The molecule has 1 atom stereocenters. The van der Waals surface area contributed by atoms with E-state index in [1.165, 1.54) is 19.3 Å². The zero-order chi connectivity index (χ0) is 20.5. The predicted octanol–water partition coefficient (Wildman–Crippen LogP) is 2.94. The number of nitriles is 1. The molecular weight excluding hydrogens is 360 g/mol. The van der Waals surface area contributed by atoms with E-state index in [0.29, 0.717) is 11.3 Å². The average molecular weight is 380 g/mol. The zero-order valence-corrected chi connectivity index (χ0v) is 15.5. The van der Waals surface area contributed by atoms with Gasteiger partial charge in [-0.1, -0.05) is 36.4 Å². The highest BCUT2D eigenvalue weighted by atomic mass is 16.5. The number of carbonyl (C=O) groups excluding carboxylic acids is 1. The number of nitrogens with zero attached hydrogens (tertiary/aromatic N) is 1. The third kappa shape index (κ3) is 5.61. The zero-order valence-electron chi connectivity index (χ0n) is 15.5. The smallest absolute Gasteiger partial charge is 0.341 e. The predicted molar refractivity (Wildman–Crippen MR) is 103 cm³/mol. The van der Waals surface area contributed by atoms with Crippen molar-refractivity contribution in [1.82, 2.24) is 5.32 Å². The largest absolute Gasteiger partial charge is 0.493 e. The Bertz CT molecular complexity index is 916. The number of carbonyl (C=O) groups is 2. The molecule has 0 aliphatic heterocycles. The number of hydrogen-bond acceptors (Lipinski definition) is 5. The van der Waals surface area contributed by atoms with Crippen LogP contribution in [0.25, 0.3) is 6.08 Å². The Balaban J connectivity index is 2.17. The number of carboxylic acid groups (broad SMARTS) is 1. The minimum Gasteiger partial charge on any atom is -0.493 e. The Kier molecular flexibility index (Phi) is 7.17. The summed E-state index contributed by atoms with van der Waals surface area (Å²) in [6.07, 6.45) is 1.43. The second kappa shape index (κ2) is 9.78. The van der Waals surface area contributed by atoms with Crippen LogP contribution in [-0.2, 0) is 9.59 Å². The first-order valence-electron chi connectivity index (χ1n) is 8.44. The third-order valence-electron chi connectivity index (χ3n) is 3.86. The van der Waals surface area contributed by atoms with E-state index in [2.05, 4.69) is 5.32 Å². The summed E-state index contributed by atoms with van der Waals surface area (Å²) in [6, 6.07) is 15.7. The highest BCUT2D eigenvalue weighted by Crippen LogP contribution is 2.29. The second-order valence-corrected chi connectivity index (χ2v) is 5.87. The standard InChI is InChI=1S/C21H20N2O5/c1-14(16-6-4-3-5-7-16)23-21(26)17(12-22)10-15-8-9-18(19(11-15)27-2)28-13-20(24)25/h3-11,14H,13H2,1-2H3,(H,23,26)(H,24,25)/b17-10+/t14-/m0/s1. The van der Waals surface area contributed by atoms with Gasteiger partial charge in [-0.25, -0.2) is 4.79 Å². The number of ether oxygens (including phenoxy) is 2. The molecule has 0 fully saturated rings. The number of benzene rings is 2. The van der Waals surface area contributed by atoms with Gasteiger partial charge >= 0.3 is 5.97 Å². The minimum absolute atomic E-state index is 0.0657. The van der Waals surface area contributed by atoms with Crippen LogP contribution in [0.5, 0.6) is 11.5 Å². The topological polar surface area (TPSA) is 109 Å². The Morgan fingerprint density at radius 2 is 1.93 bits per heavy atom. The highest BCUT2D eigenvalue weighted by molar-refractivity contribution is 6.01. The van der Waals surface area contributed by atoms with Gasteiger partial charge in [0.2, 0.25) is 0 Å². The van der Waals surface area contributed by atoms with Crippen molar-refractivity contribution in [3.05, 3.63) is 65.2 Å². The molecule has 0 aliphatic rings. The monoisotopic (exact) mass is 380 g/mol. The molecule has 0 saturated heterocycles. The Morgan fingerprint density at radius 1 is 1.21 bits per heavy atom. The van der Waals surface area contributed by atoms with Crippen LogP contribution in [-0.4, -0.2) is 30.7 Å². The lowest BCUT2D eigenvalue weighted by Gasteiger charge is -2.14. The van der Waals surface area contributed by atoms with Gasteiger partial charge in [-0.05, 0) is 36.3 Å². The molecule has 0 spiro atoms. The normalized spacial score (nSPS) is 11.8. The van der Waals surface area contributed by atoms with Gasteiger partial charge in [-0.15, -0.1) is 0 Å². The van der Waals surface area contributed by atoms with E-state index in [1.54, 1.807) is 12.1 Å². The van der Waals surface area contributed by atoms with Crippen molar-refractivity contribution >= 4 is 18.0 Å². The number of nitrogens with one attached hydrogen (secondary N) is 1. The summed E-state index contributed by atoms with van der Waals surface area (Å²) in [5, 5.41) is 20.9. The second-order valence-electron chi connectivity index (χ2n) is 5.87. The van der Waals surface area contributed by atoms with E-state index >= 15 is 0 Å². The maximum absolute atomic E-state index is 12.4. The molecule has 28 heavy (non-hydrogen) atoms. The van der Waals surface area contributed by atoms with Crippen LogP contribution in [0.4, 0.5) is 0 Å². The maximum atomic E-state index is 12.4. The van der Waals surface area contributed by atoms with Gasteiger partial charge < -0.3 is 19.9 Å². The number of carboxylic acids is 1.